The van der Waals surface area contributed by atoms with Crippen LogP contribution in [0.4, 0.5) is 0 Å². The van der Waals surface area contributed by atoms with Crippen LogP contribution < -0.4 is 0 Å². The number of quaternary nitrogens is 1. The number of halogens is 2. The number of aromatic nitrogens is 2. The fourth-order valence-corrected chi connectivity index (χ4v) is 3.36. The molecule has 3 rings (SSSR count). The number of nitrogens with zero attached hydrogens (tertiary/aromatic N) is 3. The lowest BCUT2D eigenvalue weighted by Gasteiger charge is -2.33. The van der Waals surface area contributed by atoms with Gasteiger partial charge in [0.15, 0.2) is 11.8 Å². The average Bonchev–Trinajstić information content (AvgIpc) is 2.58. The maximum absolute atomic E-state index is 6.23. The maximum atomic E-state index is 6.23. The second kappa shape index (κ2) is 6.62. The van der Waals surface area contributed by atoms with Crippen molar-refractivity contribution in [2.24, 2.45) is 0 Å². The first-order chi connectivity index (χ1) is 9.18. The Morgan fingerprint density at radius 2 is 1.80 bits per heavy atom. The molecule has 1 saturated heterocycles. The van der Waals surface area contributed by atoms with E-state index in [1.165, 1.54) is 38.8 Å². The summed E-state index contributed by atoms with van der Waals surface area (Å²) in [7, 11) is 2.34. The maximum Gasteiger partial charge on any atom is 0.174 e. The lowest BCUT2D eigenvalue weighted by Crippen LogP contribution is -2.46. The van der Waals surface area contributed by atoms with E-state index in [1.807, 2.05) is 12.1 Å². The van der Waals surface area contributed by atoms with Gasteiger partial charge >= 0.3 is 0 Å². The lowest BCUT2D eigenvalue weighted by molar-refractivity contribution is -0.930. The Labute approximate surface area is 142 Å². The first-order valence-corrected chi connectivity index (χ1v) is 7.50. The van der Waals surface area contributed by atoms with Crippen molar-refractivity contribution in [1.82, 2.24) is 9.78 Å². The van der Waals surface area contributed by atoms with E-state index in [2.05, 4.69) is 29.0 Å². The van der Waals surface area contributed by atoms with Crippen molar-refractivity contribution in [3.63, 3.8) is 0 Å². The van der Waals surface area contributed by atoms with Crippen LogP contribution >= 0.6 is 35.6 Å². The molecule has 3 nitrogen and oxygen atoms in total. The number of fused-ring (bicyclic) bond motifs is 1. The summed E-state index contributed by atoms with van der Waals surface area (Å²) >= 11 is 6.23. The summed E-state index contributed by atoms with van der Waals surface area (Å²) in [4.78, 5) is 0. The highest BCUT2D eigenvalue weighted by Crippen LogP contribution is 2.24. The molecule has 0 aliphatic carbocycles. The molecular formula is C15H22ClIN3+. The second-order valence-electron chi connectivity index (χ2n) is 5.93. The van der Waals surface area contributed by atoms with Gasteiger partial charge in [-0.2, -0.15) is 5.10 Å². The molecule has 0 amide bonds. The number of benzene rings is 1. The predicted octanol–water partition coefficient (Wildman–Crippen LogP) is 4.29. The molecule has 2 heterocycles. The molecule has 110 valence electrons. The van der Waals surface area contributed by atoms with Gasteiger partial charge in [0.1, 0.15) is 0 Å². The number of hydrogen-bond acceptors (Lipinski definition) is 1. The highest BCUT2D eigenvalue weighted by atomic mass is 127. The van der Waals surface area contributed by atoms with Gasteiger partial charge in [-0.1, -0.05) is 23.7 Å². The molecular weight excluding hydrogens is 385 g/mol. The Morgan fingerprint density at radius 1 is 1.15 bits per heavy atom. The standard InChI is InChI=1S/C15H21ClN3.HI/c1-19(10-6-2-3-7-11-19)12-18-14-9-5-4-8-13(14)15(16)17-18;/h4-5,8-9H,2-3,6-7,10-12H2,1H3;1H/q+1;. The van der Waals surface area contributed by atoms with Crippen molar-refractivity contribution in [1.29, 1.82) is 0 Å². The van der Waals surface area contributed by atoms with E-state index in [4.69, 9.17) is 11.6 Å². The average molecular weight is 407 g/mol. The highest BCUT2D eigenvalue weighted by molar-refractivity contribution is 14.0. The quantitative estimate of drug-likeness (QED) is 0.537. The van der Waals surface area contributed by atoms with E-state index in [0.29, 0.717) is 5.15 Å². The van der Waals surface area contributed by atoms with Gasteiger partial charge < -0.3 is 4.48 Å². The van der Waals surface area contributed by atoms with Crippen LogP contribution in [0.1, 0.15) is 25.7 Å². The van der Waals surface area contributed by atoms with Crippen molar-refractivity contribution in [2.75, 3.05) is 20.1 Å². The number of hydrogen-bond donors (Lipinski definition) is 0. The van der Waals surface area contributed by atoms with Crippen LogP contribution in [0.15, 0.2) is 24.3 Å². The monoisotopic (exact) mass is 406 g/mol. The molecule has 0 saturated carbocycles. The zero-order chi connectivity index (χ0) is 13.3. The topological polar surface area (TPSA) is 17.8 Å². The van der Waals surface area contributed by atoms with Gasteiger partial charge in [0.2, 0.25) is 0 Å². The normalized spacial score (nSPS) is 18.5. The van der Waals surface area contributed by atoms with Gasteiger partial charge in [0.05, 0.1) is 25.7 Å². The Kier molecular flexibility index (Phi) is 5.31. The first kappa shape index (κ1) is 16.0. The Morgan fingerprint density at radius 3 is 2.50 bits per heavy atom. The zero-order valence-corrected chi connectivity index (χ0v) is 15.0. The number of likely N-dealkylation sites (tertiary alicyclic amines) is 1. The van der Waals surface area contributed by atoms with E-state index in [9.17, 15) is 0 Å². The van der Waals surface area contributed by atoms with Gasteiger partial charge in [-0.25, -0.2) is 4.68 Å². The molecule has 0 N–H and O–H groups in total. The number of para-hydroxylation sites is 1. The van der Waals surface area contributed by atoms with Gasteiger partial charge in [0.25, 0.3) is 0 Å². The molecule has 1 fully saturated rings. The number of rotatable bonds is 2. The predicted molar refractivity (Wildman–Crippen MR) is 94.5 cm³/mol. The summed E-state index contributed by atoms with van der Waals surface area (Å²) in [5, 5.41) is 6.21. The van der Waals surface area contributed by atoms with Gasteiger partial charge in [-0.3, -0.25) is 0 Å². The molecule has 0 unspecified atom stereocenters. The smallest absolute Gasteiger partial charge is 0.174 e. The minimum atomic E-state index is 0. The van der Waals surface area contributed by atoms with Gasteiger partial charge in [-0.05, 0) is 37.8 Å². The molecule has 1 aromatic carbocycles. The van der Waals surface area contributed by atoms with Crippen LogP contribution in [-0.4, -0.2) is 34.4 Å². The largest absolute Gasteiger partial charge is 0.307 e. The van der Waals surface area contributed by atoms with Crippen LogP contribution in [0.5, 0.6) is 0 Å². The van der Waals surface area contributed by atoms with Crippen molar-refractivity contribution >= 4 is 46.5 Å². The molecule has 0 spiro atoms. The van der Waals surface area contributed by atoms with E-state index < -0.39 is 0 Å². The van der Waals surface area contributed by atoms with E-state index in [1.54, 1.807) is 0 Å². The molecule has 5 heteroatoms. The van der Waals surface area contributed by atoms with Gasteiger partial charge in [-0.15, -0.1) is 24.0 Å². The summed E-state index contributed by atoms with van der Waals surface area (Å²) in [6.07, 6.45) is 5.38. The SMILES string of the molecule is C[N+]1(Cn2nc(Cl)c3ccccc32)CCCCCC1.I. The summed E-state index contributed by atoms with van der Waals surface area (Å²) in [5.41, 5.74) is 1.15. The van der Waals surface area contributed by atoms with Crippen molar-refractivity contribution in [2.45, 2.75) is 32.4 Å². The summed E-state index contributed by atoms with van der Waals surface area (Å²) in [6, 6.07) is 8.23. The molecule has 2 aromatic rings. The molecule has 0 bridgehead atoms. The van der Waals surface area contributed by atoms with Crippen LogP contribution in [0, 0.1) is 0 Å². The Hall–Kier alpha value is -0.330. The first-order valence-electron chi connectivity index (χ1n) is 7.13. The minimum absolute atomic E-state index is 0. The third-order valence-electron chi connectivity index (χ3n) is 4.23. The Bertz CT molecular complexity index is 574. The van der Waals surface area contributed by atoms with Crippen molar-refractivity contribution < 1.29 is 4.48 Å². The van der Waals surface area contributed by atoms with E-state index in [0.717, 1.165) is 22.1 Å². The minimum Gasteiger partial charge on any atom is -0.307 e. The highest BCUT2D eigenvalue weighted by Gasteiger charge is 2.25. The third-order valence-corrected chi connectivity index (χ3v) is 4.51. The molecule has 0 radical (unpaired) electrons. The molecule has 1 aliphatic heterocycles. The molecule has 20 heavy (non-hydrogen) atoms. The molecule has 1 aliphatic rings. The second-order valence-corrected chi connectivity index (χ2v) is 6.29. The van der Waals surface area contributed by atoms with Crippen molar-refractivity contribution in [3.05, 3.63) is 29.4 Å². The van der Waals surface area contributed by atoms with Crippen molar-refractivity contribution in [3.8, 4) is 0 Å². The van der Waals surface area contributed by atoms with E-state index >= 15 is 0 Å². The summed E-state index contributed by atoms with van der Waals surface area (Å²) in [5.74, 6) is 0. The van der Waals surface area contributed by atoms with Crippen LogP contribution in [0.2, 0.25) is 5.15 Å². The van der Waals surface area contributed by atoms with Gasteiger partial charge in [0, 0.05) is 5.39 Å². The van der Waals surface area contributed by atoms with Crippen LogP contribution in [-0.2, 0) is 6.67 Å². The van der Waals surface area contributed by atoms with E-state index in [-0.39, 0.29) is 24.0 Å². The zero-order valence-electron chi connectivity index (χ0n) is 11.9. The van der Waals surface area contributed by atoms with Crippen LogP contribution in [0.3, 0.4) is 0 Å². The fourth-order valence-electron chi connectivity index (χ4n) is 3.11. The third kappa shape index (κ3) is 3.28. The summed E-state index contributed by atoms with van der Waals surface area (Å²) in [6.45, 7) is 3.41. The van der Waals surface area contributed by atoms with Crippen LogP contribution in [0.25, 0.3) is 10.9 Å². The molecule has 1 aromatic heterocycles. The Balaban J connectivity index is 0.00000147. The fraction of sp³-hybridized carbons (Fsp3) is 0.533. The summed E-state index contributed by atoms with van der Waals surface area (Å²) < 4.78 is 3.16. The molecule has 0 atom stereocenters. The lowest BCUT2D eigenvalue weighted by atomic mass is 10.2.